The summed E-state index contributed by atoms with van der Waals surface area (Å²) in [7, 11) is 0. The number of amides is 1. The van der Waals surface area contributed by atoms with Crippen LogP contribution in [0.5, 0.6) is 0 Å². The van der Waals surface area contributed by atoms with Crippen molar-refractivity contribution >= 4 is 22.9 Å². The Kier molecular flexibility index (Phi) is 5.46. The fourth-order valence-corrected chi connectivity index (χ4v) is 5.14. The van der Waals surface area contributed by atoms with Crippen LogP contribution in [0.1, 0.15) is 34.8 Å². The predicted molar refractivity (Wildman–Crippen MR) is 120 cm³/mol. The first-order chi connectivity index (χ1) is 14.0. The number of rotatable bonds is 4. The van der Waals surface area contributed by atoms with Gasteiger partial charge < -0.3 is 14.4 Å². The minimum Gasteiger partial charge on any atom is -0.365 e. The van der Waals surface area contributed by atoms with E-state index < -0.39 is 0 Å². The van der Waals surface area contributed by atoms with E-state index in [1.54, 1.807) is 0 Å². The average molecular weight is 409 g/mol. The van der Waals surface area contributed by atoms with Crippen LogP contribution in [0.4, 0.5) is 5.69 Å². The Balaban J connectivity index is 1.51. The molecule has 0 bridgehead atoms. The standard InChI is InChI=1S/C23H28N4OS/c1-5-25-11-7-10-20(25)22-24-18(4)21(29-22)23(28)26-12-13-27(17(3)15-26)19-9-6-8-16(2)14-19/h6-11,14,17H,5,12-13,15H2,1-4H3/t17-/m0/s1. The van der Waals surface area contributed by atoms with E-state index in [2.05, 4.69) is 66.8 Å². The molecule has 2 aromatic heterocycles. The van der Waals surface area contributed by atoms with Crippen LogP contribution in [0.15, 0.2) is 42.6 Å². The van der Waals surface area contributed by atoms with Crippen molar-refractivity contribution in [1.29, 1.82) is 0 Å². The second-order valence-corrected chi connectivity index (χ2v) is 8.74. The highest BCUT2D eigenvalue weighted by atomic mass is 32.1. The lowest BCUT2D eigenvalue weighted by atomic mass is 10.1. The van der Waals surface area contributed by atoms with Gasteiger partial charge in [0.25, 0.3) is 5.91 Å². The van der Waals surface area contributed by atoms with Crippen LogP contribution in [0.3, 0.4) is 0 Å². The monoisotopic (exact) mass is 408 g/mol. The number of aryl methyl sites for hydroxylation is 3. The van der Waals surface area contributed by atoms with E-state index in [-0.39, 0.29) is 11.9 Å². The molecule has 0 radical (unpaired) electrons. The van der Waals surface area contributed by atoms with Crippen LogP contribution in [0, 0.1) is 13.8 Å². The third-order valence-electron chi connectivity index (χ3n) is 5.63. The van der Waals surface area contributed by atoms with Crippen molar-refractivity contribution in [1.82, 2.24) is 14.5 Å². The summed E-state index contributed by atoms with van der Waals surface area (Å²) in [6, 6.07) is 13.0. The van der Waals surface area contributed by atoms with Gasteiger partial charge in [-0.05, 0) is 57.5 Å². The van der Waals surface area contributed by atoms with Gasteiger partial charge in [-0.15, -0.1) is 11.3 Å². The van der Waals surface area contributed by atoms with Crippen molar-refractivity contribution < 1.29 is 4.79 Å². The Morgan fingerprint density at radius 2 is 2.03 bits per heavy atom. The first-order valence-corrected chi connectivity index (χ1v) is 11.0. The summed E-state index contributed by atoms with van der Waals surface area (Å²) in [6.07, 6.45) is 2.06. The molecule has 0 saturated carbocycles. The van der Waals surface area contributed by atoms with E-state index >= 15 is 0 Å². The Morgan fingerprint density at radius 1 is 1.21 bits per heavy atom. The molecule has 1 saturated heterocycles. The van der Waals surface area contributed by atoms with Crippen LogP contribution in [0.2, 0.25) is 0 Å². The number of aromatic nitrogens is 2. The SMILES string of the molecule is CCn1cccc1-c1nc(C)c(C(=O)N2CCN(c3cccc(C)c3)[C@@H](C)C2)s1. The molecule has 152 valence electrons. The lowest BCUT2D eigenvalue weighted by Gasteiger charge is -2.41. The van der Waals surface area contributed by atoms with Crippen molar-refractivity contribution in [3.63, 3.8) is 0 Å². The highest BCUT2D eigenvalue weighted by molar-refractivity contribution is 7.17. The molecule has 1 fully saturated rings. The summed E-state index contributed by atoms with van der Waals surface area (Å²) >= 11 is 1.51. The normalized spacial score (nSPS) is 17.0. The van der Waals surface area contributed by atoms with Crippen molar-refractivity contribution in [2.75, 3.05) is 24.5 Å². The van der Waals surface area contributed by atoms with E-state index in [0.717, 1.165) is 47.5 Å². The van der Waals surface area contributed by atoms with E-state index in [4.69, 9.17) is 4.98 Å². The van der Waals surface area contributed by atoms with Crippen molar-refractivity contribution in [2.45, 2.75) is 40.3 Å². The Hall–Kier alpha value is -2.60. The second kappa shape index (κ2) is 8.03. The van der Waals surface area contributed by atoms with Crippen LogP contribution < -0.4 is 4.90 Å². The zero-order valence-corrected chi connectivity index (χ0v) is 18.4. The smallest absolute Gasteiger partial charge is 0.266 e. The maximum absolute atomic E-state index is 13.3. The fourth-order valence-electron chi connectivity index (χ4n) is 4.06. The van der Waals surface area contributed by atoms with Gasteiger partial charge in [-0.3, -0.25) is 4.79 Å². The minimum absolute atomic E-state index is 0.108. The van der Waals surface area contributed by atoms with Gasteiger partial charge in [0.15, 0.2) is 0 Å². The van der Waals surface area contributed by atoms with Crippen molar-refractivity contribution in [3.8, 4) is 10.7 Å². The molecule has 3 aromatic rings. The second-order valence-electron chi connectivity index (χ2n) is 7.75. The molecule has 1 atom stereocenters. The third kappa shape index (κ3) is 3.81. The van der Waals surface area contributed by atoms with Gasteiger partial charge in [0.1, 0.15) is 9.88 Å². The highest BCUT2D eigenvalue weighted by Gasteiger charge is 2.29. The number of anilines is 1. The number of hydrogen-bond donors (Lipinski definition) is 0. The lowest BCUT2D eigenvalue weighted by molar-refractivity contribution is 0.0730. The zero-order chi connectivity index (χ0) is 20.5. The van der Waals surface area contributed by atoms with Gasteiger partial charge in [0.2, 0.25) is 0 Å². The molecule has 0 spiro atoms. The van der Waals surface area contributed by atoms with Crippen LogP contribution >= 0.6 is 11.3 Å². The Labute approximate surface area is 176 Å². The van der Waals surface area contributed by atoms with E-state index in [1.165, 1.54) is 22.6 Å². The van der Waals surface area contributed by atoms with Gasteiger partial charge in [-0.1, -0.05) is 12.1 Å². The molecule has 29 heavy (non-hydrogen) atoms. The molecule has 0 aliphatic carbocycles. The van der Waals surface area contributed by atoms with Gasteiger partial charge in [-0.2, -0.15) is 0 Å². The molecule has 1 aliphatic heterocycles. The number of carbonyl (C=O) groups is 1. The van der Waals surface area contributed by atoms with Crippen LogP contribution in [0.25, 0.3) is 10.7 Å². The van der Waals surface area contributed by atoms with E-state index in [1.807, 2.05) is 17.9 Å². The maximum Gasteiger partial charge on any atom is 0.266 e. The maximum atomic E-state index is 13.3. The molecular formula is C23H28N4OS. The van der Waals surface area contributed by atoms with Crippen LogP contribution in [-0.4, -0.2) is 46.0 Å². The number of piperazine rings is 1. The first kappa shape index (κ1) is 19.7. The summed E-state index contributed by atoms with van der Waals surface area (Å²) in [4.78, 5) is 23.1. The van der Waals surface area contributed by atoms with Gasteiger partial charge in [0.05, 0.1) is 11.4 Å². The van der Waals surface area contributed by atoms with E-state index in [0.29, 0.717) is 0 Å². The molecule has 1 aromatic carbocycles. The Bertz CT molecular complexity index is 1020. The molecule has 5 nitrogen and oxygen atoms in total. The number of carbonyl (C=O) groups excluding carboxylic acids is 1. The summed E-state index contributed by atoms with van der Waals surface area (Å²) in [5, 5.41) is 0.921. The molecule has 1 amide bonds. The molecule has 0 unspecified atom stereocenters. The summed E-state index contributed by atoms with van der Waals surface area (Å²) in [5.74, 6) is 0.108. The van der Waals surface area contributed by atoms with Crippen molar-refractivity contribution in [2.24, 2.45) is 0 Å². The molecule has 0 N–H and O–H groups in total. The predicted octanol–water partition coefficient (Wildman–Crippen LogP) is 4.60. The summed E-state index contributed by atoms with van der Waals surface area (Å²) in [6.45, 7) is 11.6. The largest absolute Gasteiger partial charge is 0.365 e. The number of thiazole rings is 1. The van der Waals surface area contributed by atoms with Gasteiger partial charge >= 0.3 is 0 Å². The summed E-state index contributed by atoms with van der Waals surface area (Å²) in [5.41, 5.74) is 4.41. The number of hydrogen-bond acceptors (Lipinski definition) is 4. The van der Waals surface area contributed by atoms with E-state index in [9.17, 15) is 4.79 Å². The molecule has 6 heteroatoms. The molecular weight excluding hydrogens is 380 g/mol. The molecule has 3 heterocycles. The summed E-state index contributed by atoms with van der Waals surface area (Å²) < 4.78 is 2.16. The molecule has 1 aliphatic rings. The van der Waals surface area contributed by atoms with Gasteiger partial charge in [0, 0.05) is 44.1 Å². The first-order valence-electron chi connectivity index (χ1n) is 10.2. The lowest BCUT2D eigenvalue weighted by Crippen LogP contribution is -2.53. The average Bonchev–Trinajstić information content (AvgIpc) is 3.33. The van der Waals surface area contributed by atoms with Crippen LogP contribution in [-0.2, 0) is 6.54 Å². The van der Waals surface area contributed by atoms with Crippen molar-refractivity contribution in [3.05, 3.63) is 58.7 Å². The fraction of sp³-hybridized carbons (Fsp3) is 0.391. The number of nitrogens with zero attached hydrogens (tertiary/aromatic N) is 4. The number of benzene rings is 1. The quantitative estimate of drug-likeness (QED) is 0.634. The Morgan fingerprint density at radius 3 is 2.76 bits per heavy atom. The zero-order valence-electron chi connectivity index (χ0n) is 17.6. The van der Waals surface area contributed by atoms with Gasteiger partial charge in [-0.25, -0.2) is 4.98 Å². The molecule has 4 rings (SSSR count). The topological polar surface area (TPSA) is 41.4 Å². The highest BCUT2D eigenvalue weighted by Crippen LogP contribution is 2.30. The third-order valence-corrected chi connectivity index (χ3v) is 6.80. The minimum atomic E-state index is 0.108.